The normalized spacial score (nSPS) is 20.7. The molecule has 21 heavy (non-hydrogen) atoms. The molecule has 1 aromatic heterocycles. The van der Waals surface area contributed by atoms with E-state index in [1.807, 2.05) is 30.3 Å². The maximum atomic E-state index is 12.4. The lowest BCUT2D eigenvalue weighted by Gasteiger charge is -2.22. The number of ether oxygens (including phenoxy) is 1. The van der Waals surface area contributed by atoms with Crippen LogP contribution in [0.5, 0.6) is 5.75 Å². The molecule has 1 fully saturated rings. The second-order valence-corrected chi connectivity index (χ2v) is 6.27. The predicted molar refractivity (Wildman–Crippen MR) is 86.9 cm³/mol. The highest BCUT2D eigenvalue weighted by Crippen LogP contribution is 2.36. The van der Waals surface area contributed by atoms with Gasteiger partial charge in [-0.2, -0.15) is 0 Å². The molecule has 0 aliphatic heterocycles. The number of rotatable bonds is 3. The molecule has 2 aromatic rings. The van der Waals surface area contributed by atoms with Crippen LogP contribution in [0.3, 0.4) is 0 Å². The topological polar surface area (TPSA) is 26.3 Å². The maximum absolute atomic E-state index is 12.4. The molecule has 1 heterocycles. The fourth-order valence-corrected chi connectivity index (χ4v) is 3.68. The number of hydrogen-bond donors (Lipinski definition) is 0. The van der Waals surface area contributed by atoms with E-state index in [9.17, 15) is 4.79 Å². The minimum atomic E-state index is 0.269. The summed E-state index contributed by atoms with van der Waals surface area (Å²) in [5, 5.41) is 2.08. The van der Waals surface area contributed by atoms with Crippen molar-refractivity contribution in [1.29, 1.82) is 0 Å². The molecule has 1 atom stereocenters. The number of thiophene rings is 1. The van der Waals surface area contributed by atoms with E-state index in [2.05, 4.69) is 17.5 Å². The molecule has 0 saturated heterocycles. The molecular formula is C18H18O2S. The first-order valence-electron chi connectivity index (χ1n) is 7.18. The summed E-state index contributed by atoms with van der Waals surface area (Å²) in [6.07, 6.45) is 4.51. The summed E-state index contributed by atoms with van der Waals surface area (Å²) >= 11 is 1.75. The van der Waals surface area contributed by atoms with Gasteiger partial charge in [0.15, 0.2) is 5.78 Å². The van der Waals surface area contributed by atoms with Gasteiger partial charge < -0.3 is 4.74 Å². The Morgan fingerprint density at radius 3 is 2.81 bits per heavy atom. The van der Waals surface area contributed by atoms with E-state index in [1.54, 1.807) is 18.4 Å². The highest BCUT2D eigenvalue weighted by molar-refractivity contribution is 7.10. The van der Waals surface area contributed by atoms with Crippen LogP contribution in [0.4, 0.5) is 0 Å². The molecule has 108 valence electrons. The van der Waals surface area contributed by atoms with E-state index < -0.39 is 0 Å². The van der Waals surface area contributed by atoms with E-state index in [1.165, 1.54) is 4.88 Å². The second-order valence-electron chi connectivity index (χ2n) is 5.29. The fourth-order valence-electron chi connectivity index (χ4n) is 2.82. The van der Waals surface area contributed by atoms with Gasteiger partial charge in [-0.1, -0.05) is 24.3 Å². The molecule has 3 heteroatoms. The maximum Gasteiger partial charge on any atom is 0.159 e. The molecule has 1 aliphatic rings. The van der Waals surface area contributed by atoms with E-state index in [-0.39, 0.29) is 5.78 Å². The first-order valence-corrected chi connectivity index (χ1v) is 8.06. The second kappa shape index (κ2) is 6.27. The van der Waals surface area contributed by atoms with Crippen molar-refractivity contribution < 1.29 is 9.53 Å². The van der Waals surface area contributed by atoms with E-state index in [0.29, 0.717) is 12.3 Å². The number of carbonyl (C=O) groups is 1. The number of hydrogen-bond acceptors (Lipinski definition) is 3. The van der Waals surface area contributed by atoms with Gasteiger partial charge in [0.2, 0.25) is 0 Å². The van der Waals surface area contributed by atoms with Crippen LogP contribution in [-0.4, -0.2) is 12.9 Å². The Morgan fingerprint density at radius 1 is 1.24 bits per heavy atom. The Bertz CT molecular complexity index is 656. The van der Waals surface area contributed by atoms with Gasteiger partial charge in [0.05, 0.1) is 7.11 Å². The molecule has 2 nitrogen and oxygen atoms in total. The first kappa shape index (κ1) is 14.1. The highest BCUT2D eigenvalue weighted by atomic mass is 32.1. The summed E-state index contributed by atoms with van der Waals surface area (Å²) in [5.41, 5.74) is 1.91. The number of carbonyl (C=O) groups excluding carboxylic acids is 1. The molecule has 0 N–H and O–H groups in total. The third kappa shape index (κ3) is 3.08. The van der Waals surface area contributed by atoms with E-state index in [0.717, 1.165) is 29.7 Å². The average molecular weight is 298 g/mol. The molecule has 1 unspecified atom stereocenters. The molecule has 3 rings (SSSR count). The minimum absolute atomic E-state index is 0.269. The summed E-state index contributed by atoms with van der Waals surface area (Å²) in [5.74, 6) is 1.48. The number of para-hydroxylation sites is 1. The van der Waals surface area contributed by atoms with Gasteiger partial charge in [0.25, 0.3) is 0 Å². The van der Waals surface area contributed by atoms with Crippen molar-refractivity contribution in [2.75, 3.05) is 7.11 Å². The summed E-state index contributed by atoms with van der Waals surface area (Å²) in [7, 11) is 1.66. The monoisotopic (exact) mass is 298 g/mol. The molecule has 0 radical (unpaired) electrons. The van der Waals surface area contributed by atoms with Crippen LogP contribution in [0.2, 0.25) is 0 Å². The molecule has 1 aromatic carbocycles. The van der Waals surface area contributed by atoms with Crippen LogP contribution in [0.1, 0.15) is 35.6 Å². The smallest absolute Gasteiger partial charge is 0.159 e. The van der Waals surface area contributed by atoms with Gasteiger partial charge >= 0.3 is 0 Å². The summed E-state index contributed by atoms with van der Waals surface area (Å²) in [6, 6.07) is 12.0. The number of ketones is 1. The minimum Gasteiger partial charge on any atom is -0.496 e. The molecular weight excluding hydrogens is 280 g/mol. The van der Waals surface area contributed by atoms with Crippen molar-refractivity contribution in [3.05, 3.63) is 57.8 Å². The summed E-state index contributed by atoms with van der Waals surface area (Å²) in [4.78, 5) is 13.7. The van der Waals surface area contributed by atoms with Crippen molar-refractivity contribution in [1.82, 2.24) is 0 Å². The third-order valence-electron chi connectivity index (χ3n) is 3.97. The Hall–Kier alpha value is -1.87. The number of benzene rings is 1. The van der Waals surface area contributed by atoms with Gasteiger partial charge in [-0.25, -0.2) is 0 Å². The zero-order valence-corrected chi connectivity index (χ0v) is 12.9. The van der Waals surface area contributed by atoms with Gasteiger partial charge in [0, 0.05) is 22.8 Å². The largest absolute Gasteiger partial charge is 0.496 e. The van der Waals surface area contributed by atoms with Crippen molar-refractivity contribution in [3.63, 3.8) is 0 Å². The third-order valence-corrected chi connectivity index (χ3v) is 5.00. The highest BCUT2D eigenvalue weighted by Gasteiger charge is 2.25. The van der Waals surface area contributed by atoms with Gasteiger partial charge in [-0.05, 0) is 42.0 Å². The van der Waals surface area contributed by atoms with E-state index in [4.69, 9.17) is 4.74 Å². The quantitative estimate of drug-likeness (QED) is 0.769. The zero-order chi connectivity index (χ0) is 14.7. The van der Waals surface area contributed by atoms with Crippen LogP contribution >= 0.6 is 11.3 Å². The molecule has 0 amide bonds. The molecule has 1 aliphatic carbocycles. The Balaban J connectivity index is 1.79. The Morgan fingerprint density at radius 2 is 2.10 bits per heavy atom. The molecule has 1 saturated carbocycles. The van der Waals surface area contributed by atoms with Crippen molar-refractivity contribution in [2.45, 2.75) is 25.2 Å². The number of Topliss-reactive ketones (excluding diaryl/α,β-unsaturated/α-hetero) is 1. The SMILES string of the molecule is COc1ccccc1C=C1CCC(c2cccs2)CC1=O. The Kier molecular flexibility index (Phi) is 4.20. The number of methoxy groups -OCH3 is 1. The van der Waals surface area contributed by atoms with Crippen molar-refractivity contribution in [2.24, 2.45) is 0 Å². The summed E-state index contributed by atoms with van der Waals surface area (Å²) in [6.45, 7) is 0. The fraction of sp³-hybridized carbons (Fsp3) is 0.278. The lowest BCUT2D eigenvalue weighted by Crippen LogP contribution is -2.15. The standard InChI is InChI=1S/C18H18O2S/c1-20-17-6-3-2-5-14(17)11-13-8-9-15(12-16(13)19)18-7-4-10-21-18/h2-7,10-11,15H,8-9,12H2,1H3. The lowest BCUT2D eigenvalue weighted by molar-refractivity contribution is -0.116. The van der Waals surface area contributed by atoms with E-state index >= 15 is 0 Å². The van der Waals surface area contributed by atoms with Crippen LogP contribution < -0.4 is 4.74 Å². The average Bonchev–Trinajstić information content (AvgIpc) is 3.04. The van der Waals surface area contributed by atoms with Crippen molar-refractivity contribution in [3.8, 4) is 5.75 Å². The molecule has 0 spiro atoms. The Labute approximate surface area is 129 Å². The van der Waals surface area contributed by atoms with Crippen LogP contribution in [0.15, 0.2) is 47.4 Å². The van der Waals surface area contributed by atoms with Crippen LogP contribution in [0, 0.1) is 0 Å². The van der Waals surface area contributed by atoms with Crippen LogP contribution in [-0.2, 0) is 4.79 Å². The van der Waals surface area contributed by atoms with Gasteiger partial charge in [0.1, 0.15) is 5.75 Å². The molecule has 0 bridgehead atoms. The summed E-state index contributed by atoms with van der Waals surface area (Å²) < 4.78 is 5.35. The van der Waals surface area contributed by atoms with Crippen molar-refractivity contribution >= 4 is 23.2 Å². The zero-order valence-electron chi connectivity index (χ0n) is 12.0. The lowest BCUT2D eigenvalue weighted by atomic mass is 9.83. The first-order chi connectivity index (χ1) is 10.3. The predicted octanol–water partition coefficient (Wildman–Crippen LogP) is 4.68. The van der Waals surface area contributed by atoms with Crippen LogP contribution in [0.25, 0.3) is 6.08 Å². The van der Waals surface area contributed by atoms with Gasteiger partial charge in [-0.3, -0.25) is 4.79 Å². The number of allylic oxidation sites excluding steroid dienone is 1. The van der Waals surface area contributed by atoms with Gasteiger partial charge in [-0.15, -0.1) is 11.3 Å².